The number of aliphatic hydroxyl groups is 1. The molecule has 10 heteroatoms. The minimum Gasteiger partial charge on any atom is -0.396 e. The van der Waals surface area contributed by atoms with Gasteiger partial charge in [-0.1, -0.05) is 0 Å². The topological polar surface area (TPSA) is 109 Å². The van der Waals surface area contributed by atoms with E-state index in [1.165, 1.54) is 0 Å². The molecule has 4 aromatic heterocycles. The van der Waals surface area contributed by atoms with Gasteiger partial charge in [0.2, 0.25) is 5.95 Å². The number of nitrogens with one attached hydrogen (secondary N) is 2. The van der Waals surface area contributed by atoms with Crippen LogP contribution in [-0.2, 0) is 6.54 Å². The zero-order valence-corrected chi connectivity index (χ0v) is 20.6. The van der Waals surface area contributed by atoms with E-state index in [0.717, 1.165) is 68.0 Å². The Morgan fingerprint density at radius 2 is 1.97 bits per heavy atom. The zero-order chi connectivity index (χ0) is 22.9. The number of thiazole rings is 2. The van der Waals surface area contributed by atoms with E-state index >= 15 is 0 Å². The van der Waals surface area contributed by atoms with Crippen molar-refractivity contribution in [3.63, 3.8) is 0 Å². The molecule has 172 valence electrons. The highest BCUT2D eigenvalue weighted by Crippen LogP contribution is 2.38. The van der Waals surface area contributed by atoms with Crippen molar-refractivity contribution in [2.75, 3.05) is 17.2 Å². The van der Waals surface area contributed by atoms with Crippen LogP contribution in [0.4, 0.5) is 11.8 Å². The maximum absolute atomic E-state index is 9.58. The second-order valence-electron chi connectivity index (χ2n) is 8.55. The van der Waals surface area contributed by atoms with Crippen molar-refractivity contribution in [3.05, 3.63) is 39.7 Å². The lowest BCUT2D eigenvalue weighted by Gasteiger charge is -2.18. The molecule has 0 spiro atoms. The molecule has 4 aromatic rings. The number of pyridine rings is 1. The first-order valence-corrected chi connectivity index (χ1v) is 12.8. The van der Waals surface area contributed by atoms with E-state index in [4.69, 9.17) is 15.0 Å². The van der Waals surface area contributed by atoms with Crippen LogP contribution < -0.4 is 10.6 Å². The Labute approximate surface area is 200 Å². The van der Waals surface area contributed by atoms with Crippen molar-refractivity contribution in [1.29, 1.82) is 0 Å². The number of aromatic nitrogens is 5. The van der Waals surface area contributed by atoms with Gasteiger partial charge in [0.15, 0.2) is 0 Å². The predicted molar refractivity (Wildman–Crippen MR) is 134 cm³/mol. The Bertz CT molecular complexity index is 1270. The average molecular weight is 482 g/mol. The lowest BCUT2D eigenvalue weighted by molar-refractivity contribution is 0.229. The number of aryl methyl sites for hydroxylation is 3. The Balaban J connectivity index is 1.53. The van der Waals surface area contributed by atoms with Gasteiger partial charge in [0.1, 0.15) is 21.3 Å². The number of anilines is 2. The van der Waals surface area contributed by atoms with E-state index in [0.29, 0.717) is 18.4 Å². The van der Waals surface area contributed by atoms with Crippen LogP contribution in [0.25, 0.3) is 20.8 Å². The van der Waals surface area contributed by atoms with E-state index in [1.807, 2.05) is 26.2 Å². The molecule has 0 aromatic carbocycles. The van der Waals surface area contributed by atoms with Crippen molar-refractivity contribution in [1.82, 2.24) is 24.9 Å². The number of fused-ring (bicyclic) bond motifs is 1. The first-order valence-electron chi connectivity index (χ1n) is 11.1. The maximum Gasteiger partial charge on any atom is 0.225 e. The molecule has 1 fully saturated rings. The molecule has 4 heterocycles. The monoisotopic (exact) mass is 481 g/mol. The van der Waals surface area contributed by atoms with Crippen molar-refractivity contribution in [2.24, 2.45) is 5.92 Å². The minimum absolute atomic E-state index is 0.234. The summed E-state index contributed by atoms with van der Waals surface area (Å²) in [5.41, 5.74) is 4.65. The Kier molecular flexibility index (Phi) is 6.22. The van der Waals surface area contributed by atoms with Crippen LogP contribution in [0.15, 0.2) is 17.6 Å². The normalized spacial score (nSPS) is 18.2. The predicted octanol–water partition coefficient (Wildman–Crippen LogP) is 4.72. The molecule has 0 radical (unpaired) electrons. The summed E-state index contributed by atoms with van der Waals surface area (Å²) in [6, 6.07) is 2.35. The molecule has 8 nitrogen and oxygen atoms in total. The molecule has 1 aliphatic rings. The quantitative estimate of drug-likeness (QED) is 0.348. The molecular formula is C23H27N7OS2. The van der Waals surface area contributed by atoms with Gasteiger partial charge in [-0.2, -0.15) is 4.98 Å². The van der Waals surface area contributed by atoms with Crippen LogP contribution in [0.5, 0.6) is 0 Å². The highest BCUT2D eigenvalue weighted by molar-refractivity contribution is 7.21. The summed E-state index contributed by atoms with van der Waals surface area (Å²) in [5.74, 6) is 1.70. The SMILES string of the molecule is Cc1cc2sc(-c3c(C)nc(NCc4nccs4)nc3NC3CCC(CO)C3)nc2c(C)n1. The fourth-order valence-electron chi connectivity index (χ4n) is 4.41. The number of hydrogen-bond donors (Lipinski definition) is 3. The molecule has 33 heavy (non-hydrogen) atoms. The molecule has 2 unspecified atom stereocenters. The van der Waals surface area contributed by atoms with Crippen LogP contribution in [0.1, 0.15) is 41.4 Å². The highest BCUT2D eigenvalue weighted by Gasteiger charge is 2.27. The van der Waals surface area contributed by atoms with Gasteiger partial charge in [0.05, 0.1) is 28.2 Å². The maximum atomic E-state index is 9.58. The van der Waals surface area contributed by atoms with Gasteiger partial charge in [0, 0.05) is 29.9 Å². The van der Waals surface area contributed by atoms with Crippen LogP contribution >= 0.6 is 22.7 Å². The molecule has 0 aliphatic heterocycles. The summed E-state index contributed by atoms with van der Waals surface area (Å²) in [6.45, 7) is 6.83. The Hall–Kier alpha value is -2.69. The van der Waals surface area contributed by atoms with Crippen LogP contribution in [0.3, 0.4) is 0 Å². The molecule has 0 saturated heterocycles. The molecule has 2 atom stereocenters. The molecule has 3 N–H and O–H groups in total. The third-order valence-corrected chi connectivity index (χ3v) is 7.80. The van der Waals surface area contributed by atoms with Crippen LogP contribution in [0, 0.1) is 26.7 Å². The number of nitrogens with zero attached hydrogens (tertiary/aromatic N) is 5. The largest absolute Gasteiger partial charge is 0.396 e. The first kappa shape index (κ1) is 22.1. The second kappa shape index (κ2) is 9.28. The molecule has 5 rings (SSSR count). The zero-order valence-electron chi connectivity index (χ0n) is 18.9. The molecule has 0 bridgehead atoms. The van der Waals surface area contributed by atoms with Crippen molar-refractivity contribution in [2.45, 2.75) is 52.6 Å². The lowest BCUT2D eigenvalue weighted by Crippen LogP contribution is -2.19. The smallest absolute Gasteiger partial charge is 0.225 e. The fourth-order valence-corrected chi connectivity index (χ4v) is 6.18. The Morgan fingerprint density at radius 1 is 1.09 bits per heavy atom. The van der Waals surface area contributed by atoms with Gasteiger partial charge < -0.3 is 15.7 Å². The summed E-state index contributed by atoms with van der Waals surface area (Å²) in [5, 5.41) is 20.4. The van der Waals surface area contributed by atoms with Crippen LogP contribution in [0.2, 0.25) is 0 Å². The Morgan fingerprint density at radius 3 is 2.73 bits per heavy atom. The van der Waals surface area contributed by atoms with Crippen molar-refractivity contribution < 1.29 is 5.11 Å². The van der Waals surface area contributed by atoms with E-state index in [2.05, 4.69) is 26.7 Å². The first-order chi connectivity index (χ1) is 16.0. The van der Waals surface area contributed by atoms with Crippen molar-refractivity contribution in [3.8, 4) is 10.6 Å². The van der Waals surface area contributed by atoms with Gasteiger partial charge in [-0.05, 0) is 52.0 Å². The number of aliphatic hydroxyl groups excluding tert-OH is 1. The average Bonchev–Trinajstić information content (AvgIpc) is 3.53. The molecule has 1 aliphatic carbocycles. The van der Waals surface area contributed by atoms with Gasteiger partial charge in [-0.3, -0.25) is 4.98 Å². The molecule has 0 amide bonds. The van der Waals surface area contributed by atoms with Gasteiger partial charge in [-0.15, -0.1) is 22.7 Å². The summed E-state index contributed by atoms with van der Waals surface area (Å²) >= 11 is 3.25. The third-order valence-electron chi connectivity index (χ3n) is 6.01. The second-order valence-corrected chi connectivity index (χ2v) is 10.6. The fraction of sp³-hybridized carbons (Fsp3) is 0.435. The van der Waals surface area contributed by atoms with E-state index in [9.17, 15) is 5.11 Å². The number of rotatable bonds is 7. The molecule has 1 saturated carbocycles. The summed E-state index contributed by atoms with van der Waals surface area (Å²) in [6.07, 6.45) is 4.77. The van der Waals surface area contributed by atoms with Gasteiger partial charge >= 0.3 is 0 Å². The highest BCUT2D eigenvalue weighted by atomic mass is 32.1. The van der Waals surface area contributed by atoms with E-state index in [-0.39, 0.29) is 12.6 Å². The standard InChI is InChI=1S/C23H27N7OS2/c1-12-8-17-20(14(3)26-12)29-22(33-17)19-13(2)27-23(25-10-18-24-6-7-32-18)30-21(19)28-16-5-4-15(9-16)11-31/h6-8,15-16,31H,4-5,9-11H2,1-3H3,(H2,25,27,28,30). The van der Waals surface area contributed by atoms with E-state index in [1.54, 1.807) is 28.9 Å². The van der Waals surface area contributed by atoms with E-state index < -0.39 is 0 Å². The molecular weight excluding hydrogens is 454 g/mol. The van der Waals surface area contributed by atoms with Gasteiger partial charge in [-0.25, -0.2) is 15.0 Å². The number of hydrogen-bond acceptors (Lipinski definition) is 10. The minimum atomic E-state index is 0.234. The third kappa shape index (κ3) is 4.68. The van der Waals surface area contributed by atoms with Crippen LogP contribution in [-0.4, -0.2) is 42.7 Å². The summed E-state index contributed by atoms with van der Waals surface area (Å²) in [7, 11) is 0. The van der Waals surface area contributed by atoms with Crippen molar-refractivity contribution >= 4 is 44.7 Å². The lowest BCUT2D eigenvalue weighted by atomic mass is 10.1. The van der Waals surface area contributed by atoms with Gasteiger partial charge in [0.25, 0.3) is 0 Å². The summed E-state index contributed by atoms with van der Waals surface area (Å²) in [4.78, 5) is 23.5. The summed E-state index contributed by atoms with van der Waals surface area (Å²) < 4.78 is 1.12.